The minimum atomic E-state index is -0.295. The molecule has 1 aliphatic rings. The Kier molecular flexibility index (Phi) is 6.89. The van der Waals surface area contributed by atoms with Crippen molar-refractivity contribution in [2.75, 3.05) is 31.2 Å². The summed E-state index contributed by atoms with van der Waals surface area (Å²) in [6, 6.07) is 29.3. The van der Waals surface area contributed by atoms with Gasteiger partial charge in [0, 0.05) is 29.6 Å². The highest BCUT2D eigenvalue weighted by Crippen LogP contribution is 2.32. The number of benzene rings is 3. The van der Waals surface area contributed by atoms with Crippen LogP contribution in [0.3, 0.4) is 0 Å². The van der Waals surface area contributed by atoms with E-state index in [0.717, 1.165) is 56.5 Å². The number of fused-ring (bicyclic) bond motifs is 1. The van der Waals surface area contributed by atoms with Crippen molar-refractivity contribution < 1.29 is 9.53 Å². The third-order valence-electron chi connectivity index (χ3n) is 6.35. The number of thiazole rings is 1. The standard InChI is InChI=1S/C30H25N5O2S/c36-29(24-19-26(21-9-3-1-4-10-21)32-25-14-8-7-13-23(24)25)34-31-20-27-28(22-11-5-2-6-12-22)33-30(38-27)35-15-17-37-18-16-35/h1-14,19-20H,15-18H2,(H,34,36). The van der Waals surface area contributed by atoms with Gasteiger partial charge in [-0.2, -0.15) is 5.10 Å². The number of morpholine rings is 1. The van der Waals surface area contributed by atoms with Gasteiger partial charge in [0.05, 0.1) is 46.8 Å². The van der Waals surface area contributed by atoms with Crippen LogP contribution in [0, 0.1) is 0 Å². The number of carbonyl (C=O) groups excluding carboxylic acids is 1. The largest absolute Gasteiger partial charge is 0.378 e. The number of pyridine rings is 1. The smallest absolute Gasteiger partial charge is 0.272 e. The predicted molar refractivity (Wildman–Crippen MR) is 153 cm³/mol. The molecule has 38 heavy (non-hydrogen) atoms. The van der Waals surface area contributed by atoms with Crippen molar-refractivity contribution in [2.24, 2.45) is 5.10 Å². The summed E-state index contributed by atoms with van der Waals surface area (Å²) in [6.45, 7) is 2.97. The summed E-state index contributed by atoms with van der Waals surface area (Å²) in [5.41, 5.74) is 7.54. The molecule has 0 bridgehead atoms. The number of carbonyl (C=O) groups is 1. The van der Waals surface area contributed by atoms with Crippen molar-refractivity contribution in [2.45, 2.75) is 0 Å². The number of hydrogen-bond donors (Lipinski definition) is 1. The molecule has 5 aromatic rings. The van der Waals surface area contributed by atoms with Crippen molar-refractivity contribution in [1.82, 2.24) is 15.4 Å². The fourth-order valence-electron chi connectivity index (χ4n) is 4.43. The average Bonchev–Trinajstić information content (AvgIpc) is 3.42. The summed E-state index contributed by atoms with van der Waals surface area (Å²) >= 11 is 1.56. The average molecular weight is 520 g/mol. The molecule has 3 aromatic carbocycles. The number of nitrogens with zero attached hydrogens (tertiary/aromatic N) is 4. The second kappa shape index (κ2) is 10.9. The zero-order chi connectivity index (χ0) is 25.7. The molecule has 0 aliphatic carbocycles. The Balaban J connectivity index is 1.30. The minimum Gasteiger partial charge on any atom is -0.378 e. The van der Waals surface area contributed by atoms with E-state index >= 15 is 0 Å². The number of hydrazone groups is 1. The van der Waals surface area contributed by atoms with E-state index in [9.17, 15) is 4.79 Å². The molecule has 1 saturated heterocycles. The fourth-order valence-corrected chi connectivity index (χ4v) is 5.44. The Hall–Kier alpha value is -4.40. The lowest BCUT2D eigenvalue weighted by molar-refractivity contribution is 0.0956. The SMILES string of the molecule is O=C(NN=Cc1sc(N2CCOCC2)nc1-c1ccccc1)c1cc(-c2ccccc2)nc2ccccc12. The third kappa shape index (κ3) is 5.04. The van der Waals surface area contributed by atoms with Crippen molar-refractivity contribution in [3.63, 3.8) is 0 Å². The van der Waals surface area contributed by atoms with Crippen LogP contribution < -0.4 is 10.3 Å². The molecule has 0 radical (unpaired) electrons. The van der Waals surface area contributed by atoms with Crippen molar-refractivity contribution >= 4 is 39.5 Å². The summed E-state index contributed by atoms with van der Waals surface area (Å²) in [7, 11) is 0. The van der Waals surface area contributed by atoms with E-state index < -0.39 is 0 Å². The van der Waals surface area contributed by atoms with Crippen LogP contribution in [0.25, 0.3) is 33.4 Å². The van der Waals surface area contributed by atoms with Crippen LogP contribution in [0.5, 0.6) is 0 Å². The molecular weight excluding hydrogens is 494 g/mol. The number of amides is 1. The maximum Gasteiger partial charge on any atom is 0.272 e. The highest BCUT2D eigenvalue weighted by Gasteiger charge is 2.19. The number of anilines is 1. The molecule has 7 nitrogen and oxygen atoms in total. The Morgan fingerprint density at radius 1 is 0.895 bits per heavy atom. The Bertz CT molecular complexity index is 1600. The van der Waals surface area contributed by atoms with Crippen LogP contribution in [0.2, 0.25) is 0 Å². The Morgan fingerprint density at radius 3 is 2.34 bits per heavy atom. The van der Waals surface area contributed by atoms with Gasteiger partial charge in [-0.15, -0.1) is 0 Å². The van der Waals surface area contributed by atoms with Crippen LogP contribution in [0.4, 0.5) is 5.13 Å². The van der Waals surface area contributed by atoms with E-state index in [1.54, 1.807) is 17.6 Å². The number of aromatic nitrogens is 2. The number of nitrogens with one attached hydrogen (secondary N) is 1. The van der Waals surface area contributed by atoms with E-state index in [-0.39, 0.29) is 5.91 Å². The summed E-state index contributed by atoms with van der Waals surface area (Å²) in [5, 5.41) is 6.05. The minimum absolute atomic E-state index is 0.295. The number of para-hydroxylation sites is 1. The van der Waals surface area contributed by atoms with Gasteiger partial charge in [0.25, 0.3) is 5.91 Å². The summed E-state index contributed by atoms with van der Waals surface area (Å²) in [6.07, 6.45) is 1.68. The summed E-state index contributed by atoms with van der Waals surface area (Å²) in [4.78, 5) is 26.2. The molecule has 8 heteroatoms. The van der Waals surface area contributed by atoms with Crippen LogP contribution >= 0.6 is 11.3 Å². The molecule has 6 rings (SSSR count). The molecule has 1 N–H and O–H groups in total. The topological polar surface area (TPSA) is 79.7 Å². The fraction of sp³-hybridized carbons (Fsp3) is 0.133. The van der Waals surface area contributed by atoms with Gasteiger partial charge in [-0.25, -0.2) is 15.4 Å². The van der Waals surface area contributed by atoms with Gasteiger partial charge in [0.1, 0.15) is 0 Å². The summed E-state index contributed by atoms with van der Waals surface area (Å²) < 4.78 is 5.50. The van der Waals surface area contributed by atoms with E-state index in [4.69, 9.17) is 14.7 Å². The molecule has 0 spiro atoms. The molecule has 0 atom stereocenters. The maximum atomic E-state index is 13.4. The molecule has 1 aliphatic heterocycles. The first-order valence-corrected chi connectivity index (χ1v) is 13.3. The lowest BCUT2D eigenvalue weighted by Gasteiger charge is -2.26. The number of hydrogen-bond acceptors (Lipinski definition) is 7. The Morgan fingerprint density at radius 2 is 1.58 bits per heavy atom. The second-order valence-electron chi connectivity index (χ2n) is 8.81. The highest BCUT2D eigenvalue weighted by atomic mass is 32.1. The zero-order valence-electron chi connectivity index (χ0n) is 20.6. The molecule has 3 heterocycles. The van der Waals surface area contributed by atoms with E-state index in [1.165, 1.54) is 0 Å². The molecule has 0 unspecified atom stereocenters. The lowest BCUT2D eigenvalue weighted by Crippen LogP contribution is -2.36. The highest BCUT2D eigenvalue weighted by molar-refractivity contribution is 7.17. The molecular formula is C30H25N5O2S. The zero-order valence-corrected chi connectivity index (χ0v) is 21.4. The maximum absolute atomic E-state index is 13.4. The van der Waals surface area contributed by atoms with Gasteiger partial charge in [-0.1, -0.05) is 90.2 Å². The molecule has 0 saturated carbocycles. The second-order valence-corrected chi connectivity index (χ2v) is 9.82. The van der Waals surface area contributed by atoms with E-state index in [2.05, 4.69) is 15.4 Å². The predicted octanol–water partition coefficient (Wildman–Crippen LogP) is 5.63. The van der Waals surface area contributed by atoms with Crippen molar-refractivity contribution in [3.05, 3.63) is 101 Å². The van der Waals surface area contributed by atoms with Gasteiger partial charge >= 0.3 is 0 Å². The van der Waals surface area contributed by atoms with Gasteiger partial charge in [0.2, 0.25) is 0 Å². The molecule has 2 aromatic heterocycles. The summed E-state index contributed by atoms with van der Waals surface area (Å²) in [5.74, 6) is -0.295. The Labute approximate surface area is 224 Å². The first-order chi connectivity index (χ1) is 18.8. The first kappa shape index (κ1) is 24.0. The van der Waals surface area contributed by atoms with Gasteiger partial charge in [-0.3, -0.25) is 4.79 Å². The van der Waals surface area contributed by atoms with E-state index in [0.29, 0.717) is 18.8 Å². The van der Waals surface area contributed by atoms with Gasteiger partial charge < -0.3 is 9.64 Å². The number of rotatable bonds is 6. The van der Waals surface area contributed by atoms with E-state index in [1.807, 2.05) is 91.0 Å². The van der Waals surface area contributed by atoms with Gasteiger partial charge in [0.15, 0.2) is 5.13 Å². The van der Waals surface area contributed by atoms with Crippen LogP contribution in [-0.4, -0.2) is 48.4 Å². The third-order valence-corrected chi connectivity index (χ3v) is 7.40. The van der Waals surface area contributed by atoms with Gasteiger partial charge in [-0.05, 0) is 12.1 Å². The first-order valence-electron chi connectivity index (χ1n) is 12.4. The van der Waals surface area contributed by atoms with Crippen molar-refractivity contribution in [1.29, 1.82) is 0 Å². The molecule has 1 amide bonds. The van der Waals surface area contributed by atoms with Crippen molar-refractivity contribution in [3.8, 4) is 22.5 Å². The monoisotopic (exact) mass is 519 g/mol. The number of ether oxygens (including phenoxy) is 1. The molecule has 1 fully saturated rings. The quantitative estimate of drug-likeness (QED) is 0.233. The lowest BCUT2D eigenvalue weighted by atomic mass is 10.0. The normalized spacial score (nSPS) is 13.7. The van der Waals surface area contributed by atoms with Crippen LogP contribution in [0.15, 0.2) is 96.1 Å². The van der Waals surface area contributed by atoms with Crippen LogP contribution in [0.1, 0.15) is 15.2 Å². The van der Waals surface area contributed by atoms with Crippen LogP contribution in [-0.2, 0) is 4.74 Å². The molecule has 188 valence electrons.